The summed E-state index contributed by atoms with van der Waals surface area (Å²) in [5, 5.41) is 11.0. The summed E-state index contributed by atoms with van der Waals surface area (Å²) in [6.07, 6.45) is -2.84. The number of hydrogen-bond acceptors (Lipinski definition) is 8. The molecule has 5 aromatic rings. The molecule has 11 nitrogen and oxygen atoms in total. The molecule has 226 valence electrons. The molecule has 3 aromatic heterocycles. The van der Waals surface area contributed by atoms with Gasteiger partial charge in [0, 0.05) is 24.7 Å². The minimum absolute atomic E-state index is 0.0266. The number of aliphatic hydroxyl groups excluding tert-OH is 1. The standard InChI is InChI=1S/C27H24F3N5O6S2/c1-17(36)25-32-23-15-31-26-22(12-14-34(26)43(39,40)20-5-3-2-4-6-20)24(23)35(25)18-11-13-33(16-18)42(37,38)21-9-7-19(8-10-21)41-27(28,29)30/h2-10,12,14-15,17-18,36H,11,13,16H2,1H3/t17-,18?/m1/s1. The SMILES string of the molecule is C[C@@H](O)c1nc2cnc3c(ccn3S(=O)(=O)c3ccccc3)c2n1C1CCN(S(=O)(=O)c2ccc(OC(F)(F)F)cc2)C1. The molecule has 0 bridgehead atoms. The zero-order chi connectivity index (χ0) is 30.7. The smallest absolute Gasteiger partial charge is 0.406 e. The van der Waals surface area contributed by atoms with E-state index in [9.17, 15) is 35.1 Å². The number of fused-ring (bicyclic) bond motifs is 3. The van der Waals surface area contributed by atoms with Gasteiger partial charge in [-0.05, 0) is 55.8 Å². The summed E-state index contributed by atoms with van der Waals surface area (Å²) in [5.41, 5.74) is 1.01. The topological polar surface area (TPSA) is 137 Å². The van der Waals surface area contributed by atoms with Crippen LogP contribution in [0.25, 0.3) is 22.1 Å². The summed E-state index contributed by atoms with van der Waals surface area (Å²) >= 11 is 0. The number of imidazole rings is 1. The predicted octanol–water partition coefficient (Wildman–Crippen LogP) is 4.21. The molecule has 0 radical (unpaired) electrons. The largest absolute Gasteiger partial charge is 0.573 e. The summed E-state index contributed by atoms with van der Waals surface area (Å²) in [7, 11) is -8.08. The Balaban J connectivity index is 1.38. The number of alkyl halides is 3. The molecule has 1 fully saturated rings. The Morgan fingerprint density at radius 2 is 1.65 bits per heavy atom. The number of rotatable bonds is 7. The van der Waals surface area contributed by atoms with E-state index >= 15 is 0 Å². The summed E-state index contributed by atoms with van der Waals surface area (Å²) in [6.45, 7) is 1.58. The van der Waals surface area contributed by atoms with Crippen molar-refractivity contribution in [1.82, 2.24) is 22.8 Å². The van der Waals surface area contributed by atoms with Crippen LogP contribution in [0.2, 0.25) is 0 Å². The second kappa shape index (κ2) is 10.3. The molecular formula is C27H24F3N5O6S2. The maximum atomic E-state index is 13.4. The molecule has 0 aliphatic carbocycles. The quantitative estimate of drug-likeness (QED) is 0.281. The second-order valence-electron chi connectivity index (χ2n) is 10.00. The van der Waals surface area contributed by atoms with Crippen molar-refractivity contribution in [3.8, 4) is 5.75 Å². The number of benzene rings is 2. The molecule has 1 unspecified atom stereocenters. The highest BCUT2D eigenvalue weighted by atomic mass is 32.2. The van der Waals surface area contributed by atoms with Gasteiger partial charge in [0.2, 0.25) is 10.0 Å². The molecule has 6 rings (SSSR count). The third-order valence-corrected chi connectivity index (χ3v) is 10.8. The van der Waals surface area contributed by atoms with E-state index < -0.39 is 44.3 Å². The fourth-order valence-electron chi connectivity index (χ4n) is 5.33. The Morgan fingerprint density at radius 1 is 0.977 bits per heavy atom. The average molecular weight is 636 g/mol. The number of ether oxygens (including phenoxy) is 1. The highest BCUT2D eigenvalue weighted by Crippen LogP contribution is 2.36. The first-order chi connectivity index (χ1) is 20.3. The Morgan fingerprint density at radius 3 is 2.30 bits per heavy atom. The second-order valence-corrected chi connectivity index (χ2v) is 13.8. The lowest BCUT2D eigenvalue weighted by atomic mass is 10.2. The Kier molecular flexibility index (Phi) is 6.99. The van der Waals surface area contributed by atoms with Crippen LogP contribution in [0.15, 0.2) is 82.8 Å². The zero-order valence-corrected chi connectivity index (χ0v) is 24.0. The minimum atomic E-state index is -4.91. The van der Waals surface area contributed by atoms with Gasteiger partial charge in [-0.3, -0.25) is 0 Å². The first kappa shape index (κ1) is 29.1. The van der Waals surface area contributed by atoms with Gasteiger partial charge in [0.25, 0.3) is 10.0 Å². The van der Waals surface area contributed by atoms with Gasteiger partial charge in [-0.1, -0.05) is 18.2 Å². The molecule has 0 spiro atoms. The van der Waals surface area contributed by atoms with Gasteiger partial charge in [-0.2, -0.15) is 4.31 Å². The number of halogens is 3. The Hall–Kier alpha value is -3.99. The maximum Gasteiger partial charge on any atom is 0.573 e. The molecule has 0 saturated carbocycles. The molecule has 43 heavy (non-hydrogen) atoms. The molecule has 2 atom stereocenters. The lowest BCUT2D eigenvalue weighted by molar-refractivity contribution is -0.274. The van der Waals surface area contributed by atoms with Crippen LogP contribution >= 0.6 is 0 Å². The van der Waals surface area contributed by atoms with Crippen molar-refractivity contribution in [3.63, 3.8) is 0 Å². The Labute approximate surface area is 243 Å². The number of sulfonamides is 1. The van der Waals surface area contributed by atoms with Crippen LogP contribution in [0.3, 0.4) is 0 Å². The minimum Gasteiger partial charge on any atom is -0.406 e. The molecule has 0 amide bonds. The van der Waals surface area contributed by atoms with Gasteiger partial charge in [0.15, 0.2) is 5.65 Å². The van der Waals surface area contributed by atoms with Crippen molar-refractivity contribution in [2.75, 3.05) is 13.1 Å². The van der Waals surface area contributed by atoms with Gasteiger partial charge in [0.1, 0.15) is 23.2 Å². The molecular weight excluding hydrogens is 611 g/mol. The predicted molar refractivity (Wildman–Crippen MR) is 148 cm³/mol. The van der Waals surface area contributed by atoms with Gasteiger partial charge >= 0.3 is 6.36 Å². The van der Waals surface area contributed by atoms with Gasteiger partial charge in [-0.15, -0.1) is 13.2 Å². The molecule has 1 aliphatic heterocycles. The monoisotopic (exact) mass is 635 g/mol. The van der Waals surface area contributed by atoms with E-state index in [1.807, 2.05) is 0 Å². The van der Waals surface area contributed by atoms with E-state index in [4.69, 9.17) is 0 Å². The van der Waals surface area contributed by atoms with Crippen LogP contribution in [-0.4, -0.2) is 64.2 Å². The lowest BCUT2D eigenvalue weighted by Gasteiger charge is -2.20. The van der Waals surface area contributed by atoms with Crippen molar-refractivity contribution in [3.05, 3.63) is 78.9 Å². The van der Waals surface area contributed by atoms with Crippen LogP contribution in [0.5, 0.6) is 5.75 Å². The van der Waals surface area contributed by atoms with E-state index in [1.165, 1.54) is 35.8 Å². The van der Waals surface area contributed by atoms with E-state index in [0.717, 1.165) is 28.2 Å². The van der Waals surface area contributed by atoms with E-state index in [1.54, 1.807) is 28.8 Å². The van der Waals surface area contributed by atoms with Crippen LogP contribution in [0.4, 0.5) is 13.2 Å². The number of hydrogen-bond donors (Lipinski definition) is 1. The van der Waals surface area contributed by atoms with Crippen molar-refractivity contribution in [2.24, 2.45) is 0 Å². The van der Waals surface area contributed by atoms with E-state index in [2.05, 4.69) is 14.7 Å². The van der Waals surface area contributed by atoms with Gasteiger partial charge in [-0.25, -0.2) is 30.8 Å². The van der Waals surface area contributed by atoms with Crippen molar-refractivity contribution < 1.29 is 39.9 Å². The summed E-state index contributed by atoms with van der Waals surface area (Å²) in [4.78, 5) is 8.77. The lowest BCUT2D eigenvalue weighted by Crippen LogP contribution is -2.29. The van der Waals surface area contributed by atoms with Crippen molar-refractivity contribution in [1.29, 1.82) is 0 Å². The third-order valence-electron chi connectivity index (χ3n) is 7.22. The zero-order valence-electron chi connectivity index (χ0n) is 22.4. The number of pyridine rings is 1. The maximum absolute atomic E-state index is 13.4. The first-order valence-corrected chi connectivity index (χ1v) is 15.9. The Bertz CT molecular complexity index is 2040. The number of nitrogens with zero attached hydrogens (tertiary/aromatic N) is 5. The number of aliphatic hydroxyl groups is 1. The van der Waals surface area contributed by atoms with Gasteiger partial charge < -0.3 is 14.4 Å². The number of aromatic nitrogens is 4. The molecule has 2 aromatic carbocycles. The summed E-state index contributed by atoms with van der Waals surface area (Å²) in [6, 6.07) is 12.9. The first-order valence-electron chi connectivity index (χ1n) is 13.0. The van der Waals surface area contributed by atoms with E-state index in [-0.39, 0.29) is 34.4 Å². The van der Waals surface area contributed by atoms with Crippen LogP contribution in [-0.2, 0) is 20.0 Å². The molecule has 1 N–H and O–H groups in total. The fourth-order valence-corrected chi connectivity index (χ4v) is 8.15. The third kappa shape index (κ3) is 5.13. The van der Waals surface area contributed by atoms with E-state index in [0.29, 0.717) is 22.8 Å². The molecule has 1 saturated heterocycles. The average Bonchev–Trinajstić information content (AvgIpc) is 3.69. The van der Waals surface area contributed by atoms with Crippen molar-refractivity contribution >= 4 is 42.1 Å². The highest BCUT2D eigenvalue weighted by Gasteiger charge is 2.37. The van der Waals surface area contributed by atoms with Gasteiger partial charge in [0.05, 0.1) is 27.5 Å². The van der Waals surface area contributed by atoms with Crippen LogP contribution in [0, 0.1) is 0 Å². The van der Waals surface area contributed by atoms with Crippen LogP contribution < -0.4 is 4.74 Å². The molecule has 16 heteroatoms. The van der Waals surface area contributed by atoms with Crippen LogP contribution in [0.1, 0.15) is 31.3 Å². The fraction of sp³-hybridized carbons (Fsp3) is 0.259. The molecule has 4 heterocycles. The van der Waals surface area contributed by atoms with Crippen molar-refractivity contribution in [2.45, 2.75) is 41.6 Å². The summed E-state index contributed by atoms with van der Waals surface area (Å²) < 4.78 is 99.0. The highest BCUT2D eigenvalue weighted by molar-refractivity contribution is 7.90. The normalized spacial score (nSPS) is 17.6. The summed E-state index contributed by atoms with van der Waals surface area (Å²) in [5.74, 6) is -0.295. The molecule has 1 aliphatic rings.